The Balaban J connectivity index is 1.57. The standard InChI is InChI=1S/C20H21N3O/c1-15-4-2-6-17(10-15)13-22-19-8-9-23(20(19)24)14-18-7-3-5-16(11-18)12-21/h2-7,10-11,19,22H,8-9,13-14H2,1H3/t19-/m0/s1. The molecule has 0 bridgehead atoms. The van der Waals surface area contributed by atoms with Crippen LogP contribution in [0.3, 0.4) is 0 Å². The molecule has 4 nitrogen and oxygen atoms in total. The molecule has 1 atom stereocenters. The van der Waals surface area contributed by atoms with E-state index in [4.69, 9.17) is 5.26 Å². The Bertz CT molecular complexity index is 778. The highest BCUT2D eigenvalue weighted by Gasteiger charge is 2.30. The summed E-state index contributed by atoms with van der Waals surface area (Å²) in [5.41, 5.74) is 4.06. The summed E-state index contributed by atoms with van der Waals surface area (Å²) in [5, 5.41) is 12.3. The van der Waals surface area contributed by atoms with Crippen molar-refractivity contribution >= 4 is 5.91 Å². The van der Waals surface area contributed by atoms with Crippen LogP contribution in [0.5, 0.6) is 0 Å². The van der Waals surface area contributed by atoms with Gasteiger partial charge in [0.1, 0.15) is 0 Å². The largest absolute Gasteiger partial charge is 0.337 e. The molecule has 24 heavy (non-hydrogen) atoms. The van der Waals surface area contributed by atoms with E-state index in [1.54, 1.807) is 6.07 Å². The van der Waals surface area contributed by atoms with Gasteiger partial charge in [-0.1, -0.05) is 42.0 Å². The van der Waals surface area contributed by atoms with Crippen molar-refractivity contribution in [2.75, 3.05) is 6.54 Å². The molecule has 0 aliphatic carbocycles. The first-order valence-corrected chi connectivity index (χ1v) is 8.22. The minimum atomic E-state index is -0.121. The molecular weight excluding hydrogens is 298 g/mol. The minimum Gasteiger partial charge on any atom is -0.337 e. The van der Waals surface area contributed by atoms with Crippen LogP contribution in [0.2, 0.25) is 0 Å². The van der Waals surface area contributed by atoms with E-state index < -0.39 is 0 Å². The Hall–Kier alpha value is -2.64. The highest BCUT2D eigenvalue weighted by molar-refractivity contribution is 5.84. The van der Waals surface area contributed by atoms with Gasteiger partial charge in [0.05, 0.1) is 17.7 Å². The number of carbonyl (C=O) groups is 1. The number of amides is 1. The van der Waals surface area contributed by atoms with Gasteiger partial charge in [-0.25, -0.2) is 0 Å². The predicted molar refractivity (Wildman–Crippen MR) is 93.0 cm³/mol. The number of hydrogen-bond donors (Lipinski definition) is 1. The number of benzene rings is 2. The number of nitriles is 1. The molecule has 1 saturated heterocycles. The summed E-state index contributed by atoms with van der Waals surface area (Å²) in [5.74, 6) is 0.144. The zero-order valence-corrected chi connectivity index (χ0v) is 13.8. The Kier molecular flexibility index (Phi) is 4.93. The van der Waals surface area contributed by atoms with Crippen molar-refractivity contribution in [1.82, 2.24) is 10.2 Å². The molecule has 0 spiro atoms. The molecule has 1 aliphatic heterocycles. The maximum absolute atomic E-state index is 12.6. The lowest BCUT2D eigenvalue weighted by atomic mass is 10.1. The van der Waals surface area contributed by atoms with Crippen LogP contribution in [0.1, 0.15) is 28.7 Å². The smallest absolute Gasteiger partial charge is 0.240 e. The number of likely N-dealkylation sites (tertiary alicyclic amines) is 1. The Morgan fingerprint density at radius 1 is 1.21 bits per heavy atom. The van der Waals surface area contributed by atoms with Gasteiger partial charge in [0.25, 0.3) is 0 Å². The van der Waals surface area contributed by atoms with Gasteiger partial charge in [0.2, 0.25) is 5.91 Å². The van der Waals surface area contributed by atoms with Crippen LogP contribution >= 0.6 is 0 Å². The molecule has 122 valence electrons. The van der Waals surface area contributed by atoms with Gasteiger partial charge in [-0.15, -0.1) is 0 Å². The summed E-state index contributed by atoms with van der Waals surface area (Å²) in [6.45, 7) is 4.09. The average Bonchev–Trinajstić information content (AvgIpc) is 2.93. The van der Waals surface area contributed by atoms with Crippen LogP contribution in [0.25, 0.3) is 0 Å². The van der Waals surface area contributed by atoms with Crippen molar-refractivity contribution in [3.8, 4) is 6.07 Å². The second-order valence-electron chi connectivity index (χ2n) is 6.28. The number of hydrogen-bond acceptors (Lipinski definition) is 3. The highest BCUT2D eigenvalue weighted by Crippen LogP contribution is 2.16. The van der Waals surface area contributed by atoms with Crippen LogP contribution < -0.4 is 5.32 Å². The average molecular weight is 319 g/mol. The van der Waals surface area contributed by atoms with Crippen molar-refractivity contribution in [2.24, 2.45) is 0 Å². The fraction of sp³-hybridized carbons (Fsp3) is 0.300. The van der Waals surface area contributed by atoms with E-state index in [9.17, 15) is 4.79 Å². The van der Waals surface area contributed by atoms with E-state index in [1.165, 1.54) is 11.1 Å². The zero-order chi connectivity index (χ0) is 16.9. The summed E-state index contributed by atoms with van der Waals surface area (Å²) in [4.78, 5) is 14.4. The number of rotatable bonds is 5. The van der Waals surface area contributed by atoms with Gasteiger partial charge in [-0.05, 0) is 36.6 Å². The van der Waals surface area contributed by atoms with Crippen molar-refractivity contribution in [1.29, 1.82) is 5.26 Å². The fourth-order valence-corrected chi connectivity index (χ4v) is 3.11. The lowest BCUT2D eigenvalue weighted by Crippen LogP contribution is -2.37. The Morgan fingerprint density at radius 2 is 2.00 bits per heavy atom. The van der Waals surface area contributed by atoms with Crippen LogP contribution in [-0.2, 0) is 17.9 Å². The summed E-state index contributed by atoms with van der Waals surface area (Å²) < 4.78 is 0. The topological polar surface area (TPSA) is 56.1 Å². The van der Waals surface area contributed by atoms with Gasteiger partial charge in [-0.2, -0.15) is 5.26 Å². The highest BCUT2D eigenvalue weighted by atomic mass is 16.2. The van der Waals surface area contributed by atoms with Gasteiger partial charge >= 0.3 is 0 Å². The van der Waals surface area contributed by atoms with E-state index >= 15 is 0 Å². The molecule has 0 unspecified atom stereocenters. The third-order valence-corrected chi connectivity index (χ3v) is 4.36. The molecular formula is C20H21N3O. The maximum Gasteiger partial charge on any atom is 0.240 e. The molecule has 1 N–H and O–H groups in total. The van der Waals surface area contributed by atoms with E-state index in [0.717, 1.165) is 18.5 Å². The lowest BCUT2D eigenvalue weighted by molar-refractivity contribution is -0.129. The van der Waals surface area contributed by atoms with Crippen molar-refractivity contribution in [2.45, 2.75) is 32.5 Å². The van der Waals surface area contributed by atoms with E-state index in [1.807, 2.05) is 29.2 Å². The molecule has 1 aliphatic rings. The Labute approximate surface area is 142 Å². The van der Waals surface area contributed by atoms with Gasteiger partial charge in [0, 0.05) is 19.6 Å². The van der Waals surface area contributed by atoms with Gasteiger partial charge in [-0.3, -0.25) is 4.79 Å². The molecule has 0 radical (unpaired) electrons. The minimum absolute atomic E-state index is 0.121. The van der Waals surface area contributed by atoms with Crippen molar-refractivity contribution in [3.63, 3.8) is 0 Å². The van der Waals surface area contributed by atoms with Crippen LogP contribution in [0.4, 0.5) is 0 Å². The maximum atomic E-state index is 12.6. The molecule has 3 rings (SSSR count). The first-order chi connectivity index (χ1) is 11.7. The molecule has 1 heterocycles. The fourth-order valence-electron chi connectivity index (χ4n) is 3.11. The third-order valence-electron chi connectivity index (χ3n) is 4.36. The SMILES string of the molecule is Cc1cccc(CN[C@H]2CCN(Cc3cccc(C#N)c3)C2=O)c1. The lowest BCUT2D eigenvalue weighted by Gasteiger charge is -2.17. The zero-order valence-electron chi connectivity index (χ0n) is 13.8. The first kappa shape index (κ1) is 16.2. The summed E-state index contributed by atoms with van der Waals surface area (Å²) >= 11 is 0. The van der Waals surface area contributed by atoms with E-state index in [-0.39, 0.29) is 11.9 Å². The number of nitrogens with one attached hydrogen (secondary N) is 1. The van der Waals surface area contributed by atoms with Gasteiger partial charge < -0.3 is 10.2 Å². The van der Waals surface area contributed by atoms with Crippen LogP contribution in [-0.4, -0.2) is 23.4 Å². The molecule has 4 heteroatoms. The number of aryl methyl sites for hydroxylation is 1. The summed E-state index contributed by atoms with van der Waals surface area (Å²) in [7, 11) is 0. The van der Waals surface area contributed by atoms with Crippen molar-refractivity contribution in [3.05, 3.63) is 70.8 Å². The third kappa shape index (κ3) is 3.81. The molecule has 1 fully saturated rings. The molecule has 0 aromatic heterocycles. The summed E-state index contributed by atoms with van der Waals surface area (Å²) in [6.07, 6.45) is 0.822. The van der Waals surface area contributed by atoms with E-state index in [2.05, 4.69) is 36.5 Å². The monoisotopic (exact) mass is 319 g/mol. The quantitative estimate of drug-likeness (QED) is 0.922. The number of carbonyl (C=O) groups excluding carboxylic acids is 1. The van der Waals surface area contributed by atoms with Crippen LogP contribution in [0, 0.1) is 18.3 Å². The van der Waals surface area contributed by atoms with E-state index in [0.29, 0.717) is 18.7 Å². The molecule has 1 amide bonds. The van der Waals surface area contributed by atoms with Crippen LogP contribution in [0.15, 0.2) is 48.5 Å². The Morgan fingerprint density at radius 3 is 2.79 bits per heavy atom. The normalized spacial score (nSPS) is 17.1. The summed E-state index contributed by atoms with van der Waals surface area (Å²) in [6, 6.07) is 17.8. The second kappa shape index (κ2) is 7.29. The molecule has 2 aromatic carbocycles. The molecule has 0 saturated carbocycles. The first-order valence-electron chi connectivity index (χ1n) is 8.22. The molecule has 2 aromatic rings. The van der Waals surface area contributed by atoms with Gasteiger partial charge in [0.15, 0.2) is 0 Å². The predicted octanol–water partition coefficient (Wildman–Crippen LogP) is 2.76. The van der Waals surface area contributed by atoms with Crippen molar-refractivity contribution < 1.29 is 4.79 Å². The number of nitrogens with zero attached hydrogens (tertiary/aromatic N) is 2. The second-order valence-corrected chi connectivity index (χ2v) is 6.28.